The molecule has 190 valence electrons. The molecule has 0 aliphatic carbocycles. The molecule has 0 saturated carbocycles. The van der Waals surface area contributed by atoms with Crippen LogP contribution < -0.4 is 26.2 Å². The minimum Gasteiger partial charge on any atom is -0.487 e. The quantitative estimate of drug-likeness (QED) is 0.414. The summed E-state index contributed by atoms with van der Waals surface area (Å²) in [6.45, 7) is 3.07. The number of thiophene rings is 1. The Morgan fingerprint density at radius 3 is 2.83 bits per heavy atom. The number of rotatable bonds is 10. The molecule has 3 aromatic rings. The van der Waals surface area contributed by atoms with Gasteiger partial charge in [-0.2, -0.15) is 0 Å². The Balaban J connectivity index is 1.51. The van der Waals surface area contributed by atoms with Crippen LogP contribution in [0.4, 0.5) is 10.5 Å². The van der Waals surface area contributed by atoms with Crippen molar-refractivity contribution < 1.29 is 19.1 Å². The van der Waals surface area contributed by atoms with Crippen LogP contribution in [0.2, 0.25) is 4.34 Å². The highest BCUT2D eigenvalue weighted by molar-refractivity contribution is 7.18. The number of pyridine rings is 1. The fraction of sp³-hybridized carbons (Fsp3) is 0.320. The van der Waals surface area contributed by atoms with Crippen molar-refractivity contribution in [3.05, 3.63) is 73.8 Å². The average molecular weight is 531 g/mol. The number of hydrogen-bond donors (Lipinski definition) is 2. The number of cyclic esters (lactones) is 1. The Morgan fingerprint density at radius 2 is 2.11 bits per heavy atom. The number of benzene rings is 1. The first kappa shape index (κ1) is 25.7. The van der Waals surface area contributed by atoms with Crippen LogP contribution in [0.3, 0.4) is 0 Å². The molecule has 9 nitrogen and oxygen atoms in total. The van der Waals surface area contributed by atoms with Crippen molar-refractivity contribution in [3.8, 4) is 11.4 Å². The molecule has 1 atom stereocenters. The van der Waals surface area contributed by atoms with Gasteiger partial charge < -0.3 is 20.5 Å². The van der Waals surface area contributed by atoms with Gasteiger partial charge >= 0.3 is 6.09 Å². The Labute approximate surface area is 217 Å². The van der Waals surface area contributed by atoms with E-state index in [2.05, 4.69) is 5.32 Å². The Hall–Kier alpha value is -3.34. The van der Waals surface area contributed by atoms with E-state index in [0.29, 0.717) is 27.9 Å². The minimum atomic E-state index is -0.495. The Bertz CT molecular complexity index is 1310. The third-order valence-corrected chi connectivity index (χ3v) is 6.83. The molecular weight excluding hydrogens is 504 g/mol. The topological polar surface area (TPSA) is 116 Å². The molecule has 4 rings (SSSR count). The van der Waals surface area contributed by atoms with Crippen molar-refractivity contribution in [1.29, 1.82) is 0 Å². The molecule has 1 aliphatic heterocycles. The fourth-order valence-electron chi connectivity index (χ4n) is 3.96. The van der Waals surface area contributed by atoms with Gasteiger partial charge in [-0.1, -0.05) is 24.9 Å². The van der Waals surface area contributed by atoms with E-state index in [9.17, 15) is 14.4 Å². The third kappa shape index (κ3) is 5.72. The van der Waals surface area contributed by atoms with Crippen LogP contribution >= 0.6 is 22.9 Å². The van der Waals surface area contributed by atoms with E-state index in [4.69, 9.17) is 26.8 Å². The highest BCUT2D eigenvalue weighted by Crippen LogP contribution is 2.27. The number of nitrogens with one attached hydrogen (secondary N) is 1. The van der Waals surface area contributed by atoms with Crippen molar-refractivity contribution in [1.82, 2.24) is 9.88 Å². The van der Waals surface area contributed by atoms with Crippen LogP contribution in [0.15, 0.2) is 53.5 Å². The molecular formula is C25H27ClN4O5S. The highest BCUT2D eigenvalue weighted by atomic mass is 35.5. The van der Waals surface area contributed by atoms with E-state index in [1.54, 1.807) is 36.5 Å². The summed E-state index contributed by atoms with van der Waals surface area (Å²) in [5, 5.41) is 2.79. The van der Waals surface area contributed by atoms with Gasteiger partial charge in [0.15, 0.2) is 5.75 Å². The number of halogens is 1. The maximum absolute atomic E-state index is 13.0. The van der Waals surface area contributed by atoms with Gasteiger partial charge in [-0.05, 0) is 54.4 Å². The van der Waals surface area contributed by atoms with E-state index in [-0.39, 0.29) is 36.9 Å². The van der Waals surface area contributed by atoms with Gasteiger partial charge in [0, 0.05) is 18.4 Å². The smallest absolute Gasteiger partial charge is 0.414 e. The summed E-state index contributed by atoms with van der Waals surface area (Å²) >= 11 is 7.08. The van der Waals surface area contributed by atoms with Crippen molar-refractivity contribution in [3.63, 3.8) is 0 Å². The number of hydrogen-bond acceptors (Lipinski definition) is 7. The van der Waals surface area contributed by atoms with Crippen molar-refractivity contribution >= 4 is 40.6 Å². The average Bonchev–Trinajstić information content (AvgIpc) is 3.47. The predicted octanol–water partition coefficient (Wildman–Crippen LogP) is 3.60. The van der Waals surface area contributed by atoms with E-state index < -0.39 is 12.2 Å². The van der Waals surface area contributed by atoms with Gasteiger partial charge in [-0.25, -0.2) is 4.79 Å². The Morgan fingerprint density at radius 1 is 1.28 bits per heavy atom. The van der Waals surface area contributed by atoms with Gasteiger partial charge in [0.2, 0.25) is 0 Å². The lowest BCUT2D eigenvalue weighted by Gasteiger charge is -2.18. The van der Waals surface area contributed by atoms with E-state index >= 15 is 0 Å². The van der Waals surface area contributed by atoms with Crippen molar-refractivity contribution in [2.24, 2.45) is 5.73 Å². The van der Waals surface area contributed by atoms with Gasteiger partial charge in [0.05, 0.1) is 28.0 Å². The molecule has 2 aromatic heterocycles. The number of aryl methyl sites for hydroxylation is 1. The molecule has 1 aliphatic rings. The largest absolute Gasteiger partial charge is 0.487 e. The summed E-state index contributed by atoms with van der Waals surface area (Å²) in [4.78, 5) is 39.9. The first-order chi connectivity index (χ1) is 17.4. The molecule has 0 spiro atoms. The molecule has 3 N–H and O–H groups in total. The summed E-state index contributed by atoms with van der Waals surface area (Å²) in [6, 6.07) is 12.2. The first-order valence-corrected chi connectivity index (χ1v) is 12.8. The van der Waals surface area contributed by atoms with E-state index in [0.717, 1.165) is 17.7 Å². The molecule has 0 radical (unpaired) electrons. The molecule has 1 aromatic carbocycles. The second-order valence-electron chi connectivity index (χ2n) is 8.18. The van der Waals surface area contributed by atoms with Gasteiger partial charge in [-0.3, -0.25) is 19.1 Å². The summed E-state index contributed by atoms with van der Waals surface area (Å²) in [7, 11) is 0. The second-order valence-corrected chi connectivity index (χ2v) is 9.89. The Kier molecular flexibility index (Phi) is 8.29. The standard InChI is InChI=1S/C25H27ClN4O5S/c1-2-4-16-13-17(6-7-19(16)29-11-3-5-20(24(29)32)34-12-10-27)30-15-18(35-25(30)33)14-28-23(31)21-8-9-22(26)36-21/h3,5-9,11,13,18H,2,4,10,12,14-15,27H2,1H3,(H,28,31). The van der Waals surface area contributed by atoms with E-state index in [1.165, 1.54) is 20.8 Å². The number of nitrogens with two attached hydrogens (primary N) is 1. The summed E-state index contributed by atoms with van der Waals surface area (Å²) in [5.74, 6) is -0.0357. The third-order valence-electron chi connectivity index (χ3n) is 5.60. The molecule has 1 unspecified atom stereocenters. The zero-order chi connectivity index (χ0) is 25.7. The van der Waals surface area contributed by atoms with E-state index in [1.807, 2.05) is 19.1 Å². The lowest BCUT2D eigenvalue weighted by atomic mass is 10.1. The monoisotopic (exact) mass is 530 g/mol. The normalized spacial score (nSPS) is 15.1. The van der Waals surface area contributed by atoms with Gasteiger partial charge in [-0.15, -0.1) is 11.3 Å². The van der Waals surface area contributed by atoms with Crippen LogP contribution in [0.1, 0.15) is 28.6 Å². The maximum Gasteiger partial charge on any atom is 0.414 e. The highest BCUT2D eigenvalue weighted by Gasteiger charge is 2.33. The molecule has 1 fully saturated rings. The van der Waals surface area contributed by atoms with Crippen LogP contribution in [0.25, 0.3) is 5.69 Å². The summed E-state index contributed by atoms with van der Waals surface area (Å²) in [6.07, 6.45) is 2.26. The lowest BCUT2D eigenvalue weighted by Crippen LogP contribution is -2.34. The molecule has 36 heavy (non-hydrogen) atoms. The predicted molar refractivity (Wildman–Crippen MR) is 140 cm³/mol. The van der Waals surface area contributed by atoms with Crippen molar-refractivity contribution in [2.45, 2.75) is 25.9 Å². The number of carbonyl (C=O) groups is 2. The van der Waals surface area contributed by atoms with Gasteiger partial charge in [0.25, 0.3) is 11.5 Å². The number of carbonyl (C=O) groups excluding carboxylic acids is 2. The van der Waals surface area contributed by atoms with Crippen LogP contribution in [-0.4, -0.2) is 48.9 Å². The lowest BCUT2D eigenvalue weighted by molar-refractivity contribution is 0.0920. The second kappa shape index (κ2) is 11.6. The maximum atomic E-state index is 13.0. The van der Waals surface area contributed by atoms with Crippen LogP contribution in [0, 0.1) is 0 Å². The molecule has 11 heteroatoms. The number of amides is 2. The zero-order valence-corrected chi connectivity index (χ0v) is 21.3. The summed E-state index contributed by atoms with van der Waals surface area (Å²) < 4.78 is 13.0. The number of anilines is 1. The molecule has 0 bridgehead atoms. The van der Waals surface area contributed by atoms with Gasteiger partial charge in [0.1, 0.15) is 12.7 Å². The SMILES string of the molecule is CCCc1cc(N2CC(CNC(=O)c3ccc(Cl)s3)OC2=O)ccc1-n1cccc(OCCN)c1=O. The first-order valence-electron chi connectivity index (χ1n) is 11.6. The molecule has 1 saturated heterocycles. The minimum absolute atomic E-state index is 0.182. The zero-order valence-electron chi connectivity index (χ0n) is 19.7. The number of nitrogens with zero attached hydrogens (tertiary/aromatic N) is 2. The van der Waals surface area contributed by atoms with Crippen LogP contribution in [-0.2, 0) is 11.2 Å². The number of aromatic nitrogens is 1. The fourth-order valence-corrected chi connectivity index (χ4v) is 4.92. The molecule has 2 amide bonds. The van der Waals surface area contributed by atoms with Crippen LogP contribution in [0.5, 0.6) is 5.75 Å². The molecule has 3 heterocycles. The number of ether oxygens (including phenoxy) is 2. The summed E-state index contributed by atoms with van der Waals surface area (Å²) in [5.41, 5.74) is 7.51. The van der Waals surface area contributed by atoms with Crippen molar-refractivity contribution in [2.75, 3.05) is 31.1 Å².